The minimum atomic E-state index is -3.77. The Bertz CT molecular complexity index is 1270. The number of hydrogen-bond donors (Lipinski definition) is 3. The summed E-state index contributed by atoms with van der Waals surface area (Å²) >= 11 is 3.28. The fraction of sp³-hybridized carbons (Fsp3) is 0. The first-order valence-electron chi connectivity index (χ1n) is 8.55. The van der Waals surface area contributed by atoms with Crippen LogP contribution in [0.25, 0.3) is 11.0 Å². The molecule has 9 heteroatoms. The summed E-state index contributed by atoms with van der Waals surface area (Å²) in [6, 6.07) is 19.9. The third kappa shape index (κ3) is 4.30. The average molecular weight is 471 g/mol. The second-order valence-corrected chi connectivity index (χ2v) is 8.79. The maximum absolute atomic E-state index is 12.6. The van der Waals surface area contributed by atoms with Crippen LogP contribution < -0.4 is 10.0 Å². The summed E-state index contributed by atoms with van der Waals surface area (Å²) in [4.78, 5) is 20.0. The maximum Gasteiger partial charge on any atom is 0.261 e. The molecule has 0 aliphatic carbocycles. The number of H-pyrrole nitrogens is 1. The number of halogens is 1. The van der Waals surface area contributed by atoms with Crippen LogP contribution in [0.15, 0.2) is 82.2 Å². The molecule has 0 radical (unpaired) electrons. The average Bonchev–Trinajstić information content (AvgIpc) is 3.10. The van der Waals surface area contributed by atoms with E-state index in [-0.39, 0.29) is 10.6 Å². The van der Waals surface area contributed by atoms with E-state index in [9.17, 15) is 13.2 Å². The van der Waals surface area contributed by atoms with Gasteiger partial charge in [-0.3, -0.25) is 14.8 Å². The summed E-state index contributed by atoms with van der Waals surface area (Å²) in [7, 11) is -3.77. The number of para-hydroxylation sites is 2. The zero-order chi connectivity index (χ0) is 20.4. The lowest BCUT2D eigenvalue weighted by molar-refractivity contribution is 0.102. The third-order valence-electron chi connectivity index (χ3n) is 4.12. The van der Waals surface area contributed by atoms with Crippen LogP contribution in [-0.4, -0.2) is 24.3 Å². The number of carbonyl (C=O) groups excluding carboxylic acids is 1. The van der Waals surface area contributed by atoms with Gasteiger partial charge in [0.1, 0.15) is 0 Å². The predicted molar refractivity (Wildman–Crippen MR) is 115 cm³/mol. The zero-order valence-corrected chi connectivity index (χ0v) is 17.3. The molecule has 0 bridgehead atoms. The van der Waals surface area contributed by atoms with Gasteiger partial charge in [-0.05, 0) is 54.6 Å². The summed E-state index contributed by atoms with van der Waals surface area (Å²) < 4.78 is 28.4. The highest BCUT2D eigenvalue weighted by molar-refractivity contribution is 9.10. The van der Waals surface area contributed by atoms with Gasteiger partial charge in [0.05, 0.1) is 15.9 Å². The fourth-order valence-corrected chi connectivity index (χ4v) is 4.06. The smallest absolute Gasteiger partial charge is 0.261 e. The van der Waals surface area contributed by atoms with Crippen LogP contribution in [-0.2, 0) is 10.0 Å². The Hall–Kier alpha value is -3.17. The number of hydrogen-bond acceptors (Lipinski definition) is 4. The highest BCUT2D eigenvalue weighted by Gasteiger charge is 2.15. The number of nitrogens with zero attached hydrogens (tertiary/aromatic N) is 1. The van der Waals surface area contributed by atoms with Crippen molar-refractivity contribution in [3.63, 3.8) is 0 Å². The largest absolute Gasteiger partial charge is 0.324 e. The summed E-state index contributed by atoms with van der Waals surface area (Å²) in [6.07, 6.45) is 0. The molecule has 0 spiro atoms. The maximum atomic E-state index is 12.6. The molecule has 1 aromatic heterocycles. The van der Waals surface area contributed by atoms with E-state index in [1.165, 1.54) is 18.2 Å². The van der Waals surface area contributed by atoms with Crippen LogP contribution in [0.5, 0.6) is 0 Å². The highest BCUT2D eigenvalue weighted by atomic mass is 79.9. The zero-order valence-electron chi connectivity index (χ0n) is 14.9. The van der Waals surface area contributed by atoms with Gasteiger partial charge in [0, 0.05) is 15.7 Å². The predicted octanol–water partition coefficient (Wildman–Crippen LogP) is 4.38. The van der Waals surface area contributed by atoms with Crippen molar-refractivity contribution >= 4 is 54.5 Å². The number of aromatic amines is 1. The van der Waals surface area contributed by atoms with E-state index in [2.05, 4.69) is 35.9 Å². The Morgan fingerprint density at radius 3 is 2.48 bits per heavy atom. The van der Waals surface area contributed by atoms with E-state index in [1.807, 2.05) is 24.3 Å². The lowest BCUT2D eigenvalue weighted by Crippen LogP contribution is -2.15. The van der Waals surface area contributed by atoms with Crippen molar-refractivity contribution in [2.75, 3.05) is 10.0 Å². The van der Waals surface area contributed by atoms with E-state index in [4.69, 9.17) is 0 Å². The molecule has 7 nitrogen and oxygen atoms in total. The number of rotatable bonds is 5. The number of fused-ring (bicyclic) bond motifs is 1. The SMILES string of the molecule is O=C(Nc1nc2ccccc2[nH]1)c1cccc(NS(=O)(=O)c2ccc(Br)cc2)c1. The molecule has 0 fully saturated rings. The molecular weight excluding hydrogens is 456 g/mol. The number of amides is 1. The summed E-state index contributed by atoms with van der Waals surface area (Å²) in [5, 5.41) is 2.69. The van der Waals surface area contributed by atoms with Crippen LogP contribution >= 0.6 is 15.9 Å². The lowest BCUT2D eigenvalue weighted by atomic mass is 10.2. The molecule has 29 heavy (non-hydrogen) atoms. The van der Waals surface area contributed by atoms with E-state index in [1.54, 1.807) is 30.3 Å². The topological polar surface area (TPSA) is 104 Å². The van der Waals surface area contributed by atoms with Crippen LogP contribution in [0, 0.1) is 0 Å². The van der Waals surface area contributed by atoms with Gasteiger partial charge in [0.15, 0.2) is 0 Å². The highest BCUT2D eigenvalue weighted by Crippen LogP contribution is 2.20. The van der Waals surface area contributed by atoms with Crippen molar-refractivity contribution in [1.29, 1.82) is 0 Å². The van der Waals surface area contributed by atoms with Crippen LogP contribution in [0.4, 0.5) is 11.6 Å². The molecule has 0 saturated heterocycles. The van der Waals surface area contributed by atoms with Gasteiger partial charge in [0.25, 0.3) is 15.9 Å². The normalized spacial score (nSPS) is 11.3. The number of aromatic nitrogens is 2. The van der Waals surface area contributed by atoms with Gasteiger partial charge in [-0.15, -0.1) is 0 Å². The van der Waals surface area contributed by atoms with Gasteiger partial charge in [0.2, 0.25) is 5.95 Å². The molecule has 4 rings (SSSR count). The van der Waals surface area contributed by atoms with Gasteiger partial charge in [-0.2, -0.15) is 0 Å². The number of anilines is 2. The van der Waals surface area contributed by atoms with Crippen LogP contribution in [0.3, 0.4) is 0 Å². The molecule has 1 amide bonds. The second kappa shape index (κ2) is 7.69. The van der Waals surface area contributed by atoms with Crippen LogP contribution in [0.2, 0.25) is 0 Å². The number of sulfonamides is 1. The Kier molecular flexibility index (Phi) is 5.08. The quantitative estimate of drug-likeness (QED) is 0.402. The minimum Gasteiger partial charge on any atom is -0.324 e. The summed E-state index contributed by atoms with van der Waals surface area (Å²) in [6.45, 7) is 0. The minimum absolute atomic E-state index is 0.123. The number of nitrogens with one attached hydrogen (secondary N) is 3. The number of imidazole rings is 1. The van der Waals surface area contributed by atoms with Crippen LogP contribution in [0.1, 0.15) is 10.4 Å². The van der Waals surface area contributed by atoms with Crippen molar-refractivity contribution in [3.8, 4) is 0 Å². The van der Waals surface area contributed by atoms with E-state index >= 15 is 0 Å². The van der Waals surface area contributed by atoms with Gasteiger partial charge in [-0.1, -0.05) is 34.1 Å². The standard InChI is InChI=1S/C20H15BrN4O3S/c21-14-8-10-16(11-9-14)29(27,28)25-15-5-3-4-13(12-15)19(26)24-20-22-17-6-1-2-7-18(17)23-20/h1-12,25H,(H2,22,23,24,26). The van der Waals surface area contributed by atoms with Crippen molar-refractivity contribution in [2.24, 2.45) is 0 Å². The molecule has 0 unspecified atom stereocenters. The molecule has 1 heterocycles. The van der Waals surface area contributed by atoms with Crippen molar-refractivity contribution < 1.29 is 13.2 Å². The summed E-state index contributed by atoms with van der Waals surface area (Å²) in [5.74, 6) is -0.0919. The van der Waals surface area contributed by atoms with Gasteiger partial charge >= 0.3 is 0 Å². The fourth-order valence-electron chi connectivity index (χ4n) is 2.74. The Morgan fingerprint density at radius 2 is 1.72 bits per heavy atom. The third-order valence-corrected chi connectivity index (χ3v) is 6.05. The van der Waals surface area contributed by atoms with Crippen molar-refractivity contribution in [3.05, 3.63) is 82.8 Å². The molecule has 0 aliphatic heterocycles. The molecule has 0 saturated carbocycles. The molecule has 4 aromatic rings. The number of benzene rings is 3. The first-order valence-corrected chi connectivity index (χ1v) is 10.8. The monoisotopic (exact) mass is 470 g/mol. The molecule has 3 N–H and O–H groups in total. The van der Waals surface area contributed by atoms with Crippen molar-refractivity contribution in [2.45, 2.75) is 4.90 Å². The number of carbonyl (C=O) groups is 1. The Balaban J connectivity index is 1.53. The first-order chi connectivity index (χ1) is 13.9. The lowest BCUT2D eigenvalue weighted by Gasteiger charge is -2.09. The second-order valence-electron chi connectivity index (χ2n) is 6.20. The Labute approximate surface area is 175 Å². The van der Waals surface area contributed by atoms with Gasteiger partial charge < -0.3 is 4.98 Å². The van der Waals surface area contributed by atoms with E-state index < -0.39 is 15.9 Å². The van der Waals surface area contributed by atoms with Gasteiger partial charge in [-0.25, -0.2) is 13.4 Å². The van der Waals surface area contributed by atoms with Crippen molar-refractivity contribution in [1.82, 2.24) is 9.97 Å². The first kappa shape index (κ1) is 19.2. The molecule has 0 atom stereocenters. The molecule has 3 aromatic carbocycles. The van der Waals surface area contributed by atoms with E-state index in [0.717, 1.165) is 15.5 Å². The molecule has 146 valence electrons. The Morgan fingerprint density at radius 1 is 0.966 bits per heavy atom. The summed E-state index contributed by atoms with van der Waals surface area (Å²) in [5.41, 5.74) is 2.12. The molecule has 0 aliphatic rings. The molecular formula is C20H15BrN4O3S. The van der Waals surface area contributed by atoms with E-state index in [0.29, 0.717) is 11.5 Å².